The van der Waals surface area contributed by atoms with Crippen molar-refractivity contribution in [2.45, 2.75) is 19.0 Å². The van der Waals surface area contributed by atoms with E-state index in [1.54, 1.807) is 6.07 Å². The fourth-order valence-electron chi connectivity index (χ4n) is 1.14. The van der Waals surface area contributed by atoms with Gasteiger partial charge >= 0.3 is 6.18 Å². The lowest BCUT2D eigenvalue weighted by molar-refractivity contribution is -0.133. The summed E-state index contributed by atoms with van der Waals surface area (Å²) in [6.45, 7) is 0. The van der Waals surface area contributed by atoms with Crippen LogP contribution in [-0.2, 0) is 19.0 Å². The Morgan fingerprint density at radius 3 is 2.53 bits per heavy atom. The van der Waals surface area contributed by atoms with E-state index in [0.717, 1.165) is 0 Å². The molecule has 0 radical (unpaired) electrons. The summed E-state index contributed by atoms with van der Waals surface area (Å²) in [6.07, 6.45) is -5.18. The fraction of sp³-hybridized carbons (Fsp3) is 0.300. The van der Waals surface area contributed by atoms with Crippen LogP contribution in [0.2, 0.25) is 0 Å². The first-order chi connectivity index (χ1) is 6.88. The van der Waals surface area contributed by atoms with Gasteiger partial charge in [-0.05, 0) is 17.5 Å². The third-order valence-corrected chi connectivity index (χ3v) is 2.10. The van der Waals surface area contributed by atoms with Crippen LogP contribution in [-0.4, -0.2) is 11.3 Å². The smallest absolute Gasteiger partial charge is 0.389 e. The Kier molecular flexibility index (Phi) is 3.68. The van der Waals surface area contributed by atoms with Gasteiger partial charge in [0.1, 0.15) is 0 Å². The van der Waals surface area contributed by atoms with Gasteiger partial charge in [-0.25, -0.2) is 0 Å². The summed E-state index contributed by atoms with van der Waals surface area (Å²) in [6, 6.07) is 5.98. The maximum atomic E-state index is 11.9. The monoisotopic (exact) mass is 233 g/mol. The van der Waals surface area contributed by atoms with Crippen molar-refractivity contribution in [3.63, 3.8) is 0 Å². The van der Waals surface area contributed by atoms with Gasteiger partial charge in [-0.2, -0.15) is 13.2 Å². The van der Waals surface area contributed by atoms with Crippen LogP contribution < -0.4 is 0 Å². The van der Waals surface area contributed by atoms with Crippen LogP contribution in [0.15, 0.2) is 24.3 Å². The average molecular weight is 233 g/mol. The van der Waals surface area contributed by atoms with Crippen LogP contribution in [0, 0.1) is 0 Å². The molecule has 15 heavy (non-hydrogen) atoms. The van der Waals surface area contributed by atoms with E-state index in [9.17, 15) is 18.0 Å². The lowest BCUT2D eigenvalue weighted by Crippen LogP contribution is -2.08. The minimum Gasteiger partial charge on any atom is -0.737 e. The lowest BCUT2D eigenvalue weighted by Gasteiger charge is -2.08. The molecule has 0 aliphatic heterocycles. The molecule has 0 aliphatic carbocycles. The molecule has 0 amide bonds. The second-order valence-electron chi connectivity index (χ2n) is 3.10. The second-order valence-corrected chi connectivity index (χ2v) is 3.47. The highest BCUT2D eigenvalue weighted by molar-refractivity contribution is 7.77. The van der Waals surface area contributed by atoms with Crippen LogP contribution in [0.25, 0.3) is 0 Å². The predicted octanol–water partition coefficient (Wildman–Crippen LogP) is 2.87. The molecule has 0 saturated carbocycles. The predicted molar refractivity (Wildman–Crippen MR) is 52.5 cm³/mol. The summed E-state index contributed by atoms with van der Waals surface area (Å²) in [7, 11) is 0. The van der Waals surface area contributed by atoms with E-state index in [1.165, 1.54) is 18.2 Å². The van der Waals surface area contributed by atoms with Gasteiger partial charge in [0, 0.05) is 11.5 Å². The van der Waals surface area contributed by atoms with Crippen molar-refractivity contribution in [2.75, 3.05) is 0 Å². The summed E-state index contributed by atoms with van der Waals surface area (Å²) in [5.74, 6) is 0. The Morgan fingerprint density at radius 2 is 2.00 bits per heavy atom. The van der Waals surface area contributed by atoms with Gasteiger partial charge in [-0.3, -0.25) is 0 Å². The van der Waals surface area contributed by atoms with E-state index in [2.05, 4.69) is 12.6 Å². The number of hydrogen-bond donors (Lipinski definition) is 0. The van der Waals surface area contributed by atoms with Gasteiger partial charge in [0.05, 0.1) is 0 Å². The SMILES string of the molecule is O=C([S-])c1cccc(CCC(F)(F)F)c1. The molecule has 0 fully saturated rings. The molecular weight excluding hydrogens is 225 g/mol. The summed E-state index contributed by atoms with van der Waals surface area (Å²) in [4.78, 5) is 10.8. The zero-order valence-electron chi connectivity index (χ0n) is 7.67. The van der Waals surface area contributed by atoms with E-state index in [1.807, 2.05) is 0 Å². The van der Waals surface area contributed by atoms with E-state index >= 15 is 0 Å². The molecule has 1 aromatic carbocycles. The van der Waals surface area contributed by atoms with Crippen LogP contribution in [0.3, 0.4) is 0 Å². The van der Waals surface area contributed by atoms with Gasteiger partial charge < -0.3 is 17.4 Å². The van der Waals surface area contributed by atoms with Crippen LogP contribution >= 0.6 is 0 Å². The Morgan fingerprint density at radius 1 is 1.33 bits per heavy atom. The van der Waals surface area contributed by atoms with Crippen molar-refractivity contribution >= 4 is 17.7 Å². The normalized spacial score (nSPS) is 11.4. The van der Waals surface area contributed by atoms with Gasteiger partial charge in [0.15, 0.2) is 0 Å². The van der Waals surface area contributed by atoms with E-state index in [4.69, 9.17) is 0 Å². The summed E-state index contributed by atoms with van der Waals surface area (Å²) in [5, 5.41) is -0.552. The van der Waals surface area contributed by atoms with Crippen molar-refractivity contribution in [1.29, 1.82) is 0 Å². The molecule has 0 unspecified atom stereocenters. The molecule has 1 aromatic rings. The topological polar surface area (TPSA) is 17.1 Å². The Hall–Kier alpha value is -1.10. The Labute approximate surface area is 90.7 Å². The highest BCUT2D eigenvalue weighted by Gasteiger charge is 2.26. The fourth-order valence-corrected chi connectivity index (χ4v) is 1.27. The number of halogens is 3. The first-order valence-corrected chi connectivity index (χ1v) is 4.66. The van der Waals surface area contributed by atoms with Crippen molar-refractivity contribution < 1.29 is 18.0 Å². The van der Waals surface area contributed by atoms with Crippen molar-refractivity contribution in [3.05, 3.63) is 35.4 Å². The van der Waals surface area contributed by atoms with Crippen molar-refractivity contribution in [3.8, 4) is 0 Å². The molecule has 0 atom stereocenters. The molecule has 82 valence electrons. The number of hydrogen-bond acceptors (Lipinski definition) is 2. The van der Waals surface area contributed by atoms with Gasteiger partial charge in [0.2, 0.25) is 0 Å². The molecular formula is C10H8F3OS-. The average Bonchev–Trinajstić information content (AvgIpc) is 2.14. The minimum atomic E-state index is -4.17. The number of alkyl halides is 3. The van der Waals surface area contributed by atoms with Gasteiger partial charge in [-0.1, -0.05) is 24.3 Å². The number of aryl methyl sites for hydroxylation is 1. The molecule has 0 heterocycles. The molecule has 5 heteroatoms. The number of carbonyl (C=O) groups excluding carboxylic acids is 1. The van der Waals surface area contributed by atoms with E-state index in [-0.39, 0.29) is 12.0 Å². The first kappa shape index (κ1) is 12.0. The van der Waals surface area contributed by atoms with Crippen molar-refractivity contribution in [1.82, 2.24) is 0 Å². The van der Waals surface area contributed by atoms with Gasteiger partial charge in [0.25, 0.3) is 0 Å². The van der Waals surface area contributed by atoms with E-state index < -0.39 is 17.7 Å². The third kappa shape index (κ3) is 4.29. The first-order valence-electron chi connectivity index (χ1n) is 4.25. The highest BCUT2D eigenvalue weighted by Crippen LogP contribution is 2.22. The molecule has 0 N–H and O–H groups in total. The summed E-state index contributed by atoms with van der Waals surface area (Å²) < 4.78 is 35.7. The maximum Gasteiger partial charge on any atom is 0.389 e. The zero-order chi connectivity index (χ0) is 11.5. The van der Waals surface area contributed by atoms with Crippen LogP contribution in [0.4, 0.5) is 13.2 Å². The van der Waals surface area contributed by atoms with Crippen molar-refractivity contribution in [2.24, 2.45) is 0 Å². The second kappa shape index (κ2) is 4.61. The molecule has 0 aromatic heterocycles. The Balaban J connectivity index is 2.70. The Bertz CT molecular complexity index is 360. The number of rotatable bonds is 3. The van der Waals surface area contributed by atoms with Crippen LogP contribution in [0.5, 0.6) is 0 Å². The maximum absolute atomic E-state index is 11.9. The minimum absolute atomic E-state index is 0.125. The number of benzene rings is 1. The molecule has 0 saturated heterocycles. The standard InChI is InChI=1S/C10H9F3OS/c11-10(12,13)5-4-7-2-1-3-8(6-7)9(14)15/h1-3,6H,4-5H2,(H,14,15)/p-1. The molecule has 0 spiro atoms. The number of carbonyl (C=O) groups is 1. The lowest BCUT2D eigenvalue weighted by atomic mass is 10.1. The van der Waals surface area contributed by atoms with Crippen LogP contribution in [0.1, 0.15) is 22.3 Å². The molecule has 1 nitrogen and oxygen atoms in total. The van der Waals surface area contributed by atoms with Gasteiger partial charge in [-0.15, -0.1) is 0 Å². The highest BCUT2D eigenvalue weighted by atomic mass is 32.1. The van der Waals surface area contributed by atoms with E-state index in [0.29, 0.717) is 5.56 Å². The third-order valence-electron chi connectivity index (χ3n) is 1.86. The summed E-state index contributed by atoms with van der Waals surface area (Å²) in [5.41, 5.74) is 0.743. The largest absolute Gasteiger partial charge is 0.737 e. The quantitative estimate of drug-likeness (QED) is 0.747. The molecule has 0 aliphatic rings. The molecule has 0 bridgehead atoms. The molecule has 1 rings (SSSR count). The summed E-state index contributed by atoms with van der Waals surface area (Å²) >= 11 is 4.40. The zero-order valence-corrected chi connectivity index (χ0v) is 8.49.